The number of amides is 1. The first-order valence-electron chi connectivity index (χ1n) is 8.85. The lowest BCUT2D eigenvalue weighted by Crippen LogP contribution is -2.49. The molecule has 25 heavy (non-hydrogen) atoms. The van der Waals surface area contributed by atoms with Gasteiger partial charge in [-0.25, -0.2) is 0 Å². The number of benzene rings is 1. The Morgan fingerprint density at radius 1 is 1.20 bits per heavy atom. The fourth-order valence-corrected chi connectivity index (χ4v) is 3.12. The van der Waals surface area contributed by atoms with Crippen LogP contribution >= 0.6 is 24.0 Å². The van der Waals surface area contributed by atoms with Gasteiger partial charge in [-0.05, 0) is 32.3 Å². The van der Waals surface area contributed by atoms with E-state index in [0.717, 1.165) is 12.5 Å². The van der Waals surface area contributed by atoms with Crippen LogP contribution in [0.1, 0.15) is 45.1 Å². The topological polar surface area (TPSA) is 65.5 Å². The first-order chi connectivity index (χ1) is 11.6. The Bertz CT molecular complexity index is 556. The largest absolute Gasteiger partial charge is 0.356 e. The normalized spacial score (nSPS) is 15.8. The summed E-state index contributed by atoms with van der Waals surface area (Å²) in [5.41, 5.74) is 1.61. The molecule has 1 aliphatic carbocycles. The average molecular weight is 458 g/mol. The lowest BCUT2D eigenvalue weighted by molar-refractivity contribution is -0.121. The van der Waals surface area contributed by atoms with Gasteiger partial charge in [-0.3, -0.25) is 9.79 Å². The molecule has 1 aliphatic rings. The minimum absolute atomic E-state index is 0. The predicted molar refractivity (Wildman–Crippen MR) is 115 cm³/mol. The van der Waals surface area contributed by atoms with Gasteiger partial charge in [0.05, 0.1) is 0 Å². The second-order valence-corrected chi connectivity index (χ2v) is 6.82. The SMILES string of the molecule is CN=C(NCCC(=O)NC(C)C)NCC1(c2ccccc2)CCC1.I. The highest BCUT2D eigenvalue weighted by molar-refractivity contribution is 14.0. The van der Waals surface area contributed by atoms with Crippen LogP contribution < -0.4 is 16.0 Å². The number of carbonyl (C=O) groups is 1. The van der Waals surface area contributed by atoms with Crippen LogP contribution in [0, 0.1) is 0 Å². The van der Waals surface area contributed by atoms with Gasteiger partial charge in [0.1, 0.15) is 0 Å². The summed E-state index contributed by atoms with van der Waals surface area (Å²) < 4.78 is 0. The molecule has 140 valence electrons. The summed E-state index contributed by atoms with van der Waals surface area (Å²) >= 11 is 0. The predicted octanol–water partition coefficient (Wildman–Crippen LogP) is 2.81. The molecule has 6 heteroatoms. The molecule has 0 saturated heterocycles. The highest BCUT2D eigenvalue weighted by atomic mass is 127. The van der Waals surface area contributed by atoms with E-state index >= 15 is 0 Å². The molecule has 0 atom stereocenters. The number of carbonyl (C=O) groups excluding carboxylic acids is 1. The zero-order valence-corrected chi connectivity index (χ0v) is 17.8. The molecule has 0 bridgehead atoms. The third-order valence-corrected chi connectivity index (χ3v) is 4.61. The van der Waals surface area contributed by atoms with E-state index in [2.05, 4.69) is 51.3 Å². The fraction of sp³-hybridized carbons (Fsp3) is 0.579. The van der Waals surface area contributed by atoms with Crippen molar-refractivity contribution in [2.45, 2.75) is 51.0 Å². The quantitative estimate of drug-likeness (QED) is 0.335. The number of aliphatic imine (C=N–C) groups is 1. The number of rotatable bonds is 7. The Morgan fingerprint density at radius 3 is 2.40 bits per heavy atom. The molecular formula is C19H31IN4O. The minimum atomic E-state index is 0. The molecule has 0 unspecified atom stereocenters. The molecule has 0 aromatic heterocycles. The summed E-state index contributed by atoms with van der Waals surface area (Å²) in [6, 6.07) is 10.9. The van der Waals surface area contributed by atoms with Crippen LogP contribution in [-0.4, -0.2) is 38.0 Å². The molecule has 1 aromatic carbocycles. The number of halogens is 1. The van der Waals surface area contributed by atoms with E-state index < -0.39 is 0 Å². The van der Waals surface area contributed by atoms with Gasteiger partial charge in [-0.1, -0.05) is 36.8 Å². The summed E-state index contributed by atoms with van der Waals surface area (Å²) in [5.74, 6) is 0.822. The van der Waals surface area contributed by atoms with E-state index in [1.165, 1.54) is 24.8 Å². The van der Waals surface area contributed by atoms with E-state index in [9.17, 15) is 4.79 Å². The first-order valence-corrected chi connectivity index (χ1v) is 8.85. The van der Waals surface area contributed by atoms with Gasteiger partial charge in [0.25, 0.3) is 0 Å². The third-order valence-electron chi connectivity index (χ3n) is 4.61. The lowest BCUT2D eigenvalue weighted by atomic mass is 9.64. The summed E-state index contributed by atoms with van der Waals surface area (Å²) in [6.45, 7) is 5.38. The molecule has 1 aromatic rings. The van der Waals surface area contributed by atoms with Gasteiger partial charge in [-0.2, -0.15) is 0 Å². The summed E-state index contributed by atoms with van der Waals surface area (Å²) in [4.78, 5) is 15.9. The van der Waals surface area contributed by atoms with Crippen molar-refractivity contribution >= 4 is 35.8 Å². The van der Waals surface area contributed by atoms with Crippen molar-refractivity contribution in [3.05, 3.63) is 35.9 Å². The molecule has 0 heterocycles. The van der Waals surface area contributed by atoms with Crippen molar-refractivity contribution < 1.29 is 4.79 Å². The lowest BCUT2D eigenvalue weighted by Gasteiger charge is -2.43. The standard InChI is InChI=1S/C19H30N4O.HI/c1-15(2)23-17(24)10-13-21-18(20-3)22-14-19(11-7-12-19)16-8-5-4-6-9-16;/h4-6,8-9,15H,7,10-14H2,1-3H3,(H,23,24)(H2,20,21,22);1H. The smallest absolute Gasteiger partial charge is 0.221 e. The Hall–Kier alpha value is -1.31. The van der Waals surface area contributed by atoms with Crippen LogP contribution in [0.2, 0.25) is 0 Å². The monoisotopic (exact) mass is 458 g/mol. The number of hydrogen-bond donors (Lipinski definition) is 3. The highest BCUT2D eigenvalue weighted by Crippen LogP contribution is 2.43. The molecule has 1 fully saturated rings. The van der Waals surface area contributed by atoms with E-state index in [1.807, 2.05) is 13.8 Å². The van der Waals surface area contributed by atoms with Crippen molar-refractivity contribution in [3.63, 3.8) is 0 Å². The van der Waals surface area contributed by atoms with Gasteiger partial charge in [0.2, 0.25) is 5.91 Å². The van der Waals surface area contributed by atoms with Crippen molar-refractivity contribution in [3.8, 4) is 0 Å². The highest BCUT2D eigenvalue weighted by Gasteiger charge is 2.38. The summed E-state index contributed by atoms with van der Waals surface area (Å²) in [6.07, 6.45) is 4.14. The van der Waals surface area contributed by atoms with Crippen LogP contribution in [0.25, 0.3) is 0 Å². The first kappa shape index (κ1) is 21.7. The van der Waals surface area contributed by atoms with Gasteiger partial charge in [0.15, 0.2) is 5.96 Å². The van der Waals surface area contributed by atoms with Gasteiger partial charge in [-0.15, -0.1) is 24.0 Å². The molecule has 0 aliphatic heterocycles. The molecular weight excluding hydrogens is 427 g/mol. The third kappa shape index (κ3) is 6.49. The molecule has 5 nitrogen and oxygen atoms in total. The van der Waals surface area contributed by atoms with E-state index in [0.29, 0.717) is 13.0 Å². The van der Waals surface area contributed by atoms with Gasteiger partial charge < -0.3 is 16.0 Å². The van der Waals surface area contributed by atoms with E-state index in [4.69, 9.17) is 0 Å². The second-order valence-electron chi connectivity index (χ2n) is 6.82. The maximum atomic E-state index is 11.7. The number of nitrogens with one attached hydrogen (secondary N) is 3. The van der Waals surface area contributed by atoms with Crippen molar-refractivity contribution in [1.29, 1.82) is 0 Å². The second kappa shape index (κ2) is 10.6. The van der Waals surface area contributed by atoms with Gasteiger partial charge in [0, 0.05) is 38.0 Å². The van der Waals surface area contributed by atoms with Crippen molar-refractivity contribution in [1.82, 2.24) is 16.0 Å². The molecule has 1 amide bonds. The van der Waals surface area contributed by atoms with Crippen LogP contribution in [0.4, 0.5) is 0 Å². The maximum Gasteiger partial charge on any atom is 0.221 e. The number of nitrogens with zero attached hydrogens (tertiary/aromatic N) is 1. The minimum Gasteiger partial charge on any atom is -0.356 e. The molecule has 1 saturated carbocycles. The fourth-order valence-electron chi connectivity index (χ4n) is 3.12. The van der Waals surface area contributed by atoms with Crippen LogP contribution in [0.5, 0.6) is 0 Å². The van der Waals surface area contributed by atoms with Gasteiger partial charge >= 0.3 is 0 Å². The Labute approximate surface area is 168 Å². The van der Waals surface area contributed by atoms with Crippen molar-refractivity contribution in [2.75, 3.05) is 20.1 Å². The molecule has 3 N–H and O–H groups in total. The number of hydrogen-bond acceptors (Lipinski definition) is 2. The Morgan fingerprint density at radius 2 is 1.88 bits per heavy atom. The molecule has 2 rings (SSSR count). The zero-order chi connectivity index (χ0) is 17.4. The number of guanidine groups is 1. The average Bonchev–Trinajstić information content (AvgIpc) is 2.52. The van der Waals surface area contributed by atoms with Crippen LogP contribution in [0.3, 0.4) is 0 Å². The maximum absolute atomic E-state index is 11.7. The van der Waals surface area contributed by atoms with E-state index in [-0.39, 0.29) is 41.3 Å². The van der Waals surface area contributed by atoms with E-state index in [1.54, 1.807) is 7.05 Å². The Balaban J connectivity index is 0.00000312. The molecule has 0 spiro atoms. The molecule has 0 radical (unpaired) electrons. The summed E-state index contributed by atoms with van der Waals surface area (Å²) in [7, 11) is 1.76. The summed E-state index contributed by atoms with van der Waals surface area (Å²) in [5, 5.41) is 9.55. The Kier molecular flexibility index (Phi) is 9.24. The van der Waals surface area contributed by atoms with Crippen LogP contribution in [-0.2, 0) is 10.2 Å². The van der Waals surface area contributed by atoms with Crippen molar-refractivity contribution in [2.24, 2.45) is 4.99 Å². The zero-order valence-electron chi connectivity index (χ0n) is 15.5. The van der Waals surface area contributed by atoms with Crippen LogP contribution in [0.15, 0.2) is 35.3 Å².